The monoisotopic (exact) mass is 636 g/mol. The fourth-order valence-corrected chi connectivity index (χ4v) is 6.13. The highest BCUT2D eigenvalue weighted by molar-refractivity contribution is 8.14. The highest BCUT2D eigenvalue weighted by Gasteiger charge is 2.42. The van der Waals surface area contributed by atoms with Crippen LogP contribution in [0.1, 0.15) is 30.0 Å². The van der Waals surface area contributed by atoms with E-state index in [9.17, 15) is 14.4 Å². The number of amides is 2. The minimum Gasteiger partial charge on any atom is -0.464 e. The van der Waals surface area contributed by atoms with Gasteiger partial charge in [0.25, 0.3) is 11.1 Å². The molecule has 2 aliphatic rings. The van der Waals surface area contributed by atoms with Crippen LogP contribution in [0.5, 0.6) is 0 Å². The molecule has 2 aromatic rings. The molecule has 2 heterocycles. The molecule has 2 unspecified atom stereocenters. The van der Waals surface area contributed by atoms with Crippen LogP contribution in [0, 0.1) is 0 Å². The molecule has 2 fully saturated rings. The predicted octanol–water partition coefficient (Wildman–Crippen LogP) is 3.46. The van der Waals surface area contributed by atoms with Gasteiger partial charge in [0.2, 0.25) is 0 Å². The van der Waals surface area contributed by atoms with Crippen molar-refractivity contribution >= 4 is 40.5 Å². The van der Waals surface area contributed by atoms with Crippen molar-refractivity contribution in [2.24, 2.45) is 0 Å². The summed E-state index contributed by atoms with van der Waals surface area (Å²) >= 11 is 7.03. The van der Waals surface area contributed by atoms with E-state index in [1.54, 1.807) is 0 Å². The summed E-state index contributed by atoms with van der Waals surface area (Å²) in [7, 11) is 0. The molecule has 0 spiro atoms. The van der Waals surface area contributed by atoms with E-state index in [4.69, 9.17) is 31.5 Å². The number of halogens is 1. The van der Waals surface area contributed by atoms with Crippen LogP contribution in [0.4, 0.5) is 4.79 Å². The van der Waals surface area contributed by atoms with Crippen LogP contribution in [0.2, 0.25) is 5.02 Å². The highest BCUT2D eigenvalue weighted by atomic mass is 35.5. The van der Waals surface area contributed by atoms with E-state index in [1.807, 2.05) is 18.2 Å². The summed E-state index contributed by atoms with van der Waals surface area (Å²) in [6.45, 7) is 4.12. The first-order valence-corrected chi connectivity index (χ1v) is 15.5. The lowest BCUT2D eigenvalue weighted by Gasteiger charge is -2.39. The Balaban J connectivity index is 1.18. The zero-order chi connectivity index (χ0) is 30.6. The molecule has 2 aromatic carbocycles. The number of nitrogens with zero attached hydrogens (tertiary/aromatic N) is 4. The van der Waals surface area contributed by atoms with Crippen molar-refractivity contribution in [2.45, 2.75) is 24.9 Å². The minimum absolute atomic E-state index is 0.0254. The van der Waals surface area contributed by atoms with Crippen molar-refractivity contribution in [1.29, 1.82) is 0 Å². The molecule has 14 heteroatoms. The molecular formula is C29H37ClN4O8S. The van der Waals surface area contributed by atoms with Crippen LogP contribution >= 0.6 is 23.4 Å². The van der Waals surface area contributed by atoms with Crippen molar-refractivity contribution in [1.82, 2.24) is 20.1 Å². The Kier molecular flexibility index (Phi) is 13.2. The second kappa shape index (κ2) is 17.0. The molecule has 234 valence electrons. The number of thioether (sulfide) groups is 1. The summed E-state index contributed by atoms with van der Waals surface area (Å²) in [6.07, 6.45) is 0.817. The number of unbranched alkanes of at least 4 members (excludes halogenated alkanes) is 1. The molecule has 2 aliphatic heterocycles. The first-order valence-electron chi connectivity index (χ1n) is 14.1. The van der Waals surface area contributed by atoms with E-state index >= 15 is 0 Å². The van der Waals surface area contributed by atoms with Crippen LogP contribution in [-0.4, -0.2) is 119 Å². The number of piperazine rings is 1. The van der Waals surface area contributed by atoms with Gasteiger partial charge in [-0.3, -0.25) is 39.5 Å². The first kappa shape index (κ1) is 33.3. The number of rotatable bonds is 15. The van der Waals surface area contributed by atoms with Gasteiger partial charge in [0, 0.05) is 43.5 Å². The van der Waals surface area contributed by atoms with Crippen LogP contribution < -0.4 is 0 Å². The largest absolute Gasteiger partial charge is 0.464 e. The third-order valence-electron chi connectivity index (χ3n) is 7.25. The molecule has 2 atom stereocenters. The number of hydrogen-bond donors (Lipinski definition) is 2. The van der Waals surface area contributed by atoms with Gasteiger partial charge in [0.15, 0.2) is 0 Å². The summed E-state index contributed by atoms with van der Waals surface area (Å²) in [5.74, 6) is -1.11. The standard InChI is InChI=1S/C29H37ClN4O8S/c30-24-10-8-23(9-11-24)27(22-6-2-1-3-7-22)32-14-12-31(13-15-32)16-19-40-20-26(35)33-25(21-43-29(33)37)28(36)41-17-4-5-18-42-34(38)39/h1-3,6-11,25,27,38-39H,4-5,12-21H2. The van der Waals surface area contributed by atoms with E-state index in [2.05, 4.69) is 51.0 Å². The van der Waals surface area contributed by atoms with E-state index in [-0.39, 0.29) is 37.0 Å². The normalized spacial score (nSPS) is 18.7. The molecule has 0 radical (unpaired) electrons. The van der Waals surface area contributed by atoms with Crippen LogP contribution in [0.15, 0.2) is 54.6 Å². The van der Waals surface area contributed by atoms with Gasteiger partial charge in [-0.05, 0) is 36.1 Å². The van der Waals surface area contributed by atoms with E-state index in [0.717, 1.165) is 42.8 Å². The van der Waals surface area contributed by atoms with Gasteiger partial charge in [-0.2, -0.15) is 0 Å². The summed E-state index contributed by atoms with van der Waals surface area (Å²) in [6, 6.07) is 17.5. The molecule has 2 saturated heterocycles. The van der Waals surface area contributed by atoms with Crippen LogP contribution in [0.3, 0.4) is 0 Å². The van der Waals surface area contributed by atoms with Crippen LogP contribution in [0.25, 0.3) is 0 Å². The number of hydrogen-bond acceptors (Lipinski definition) is 12. The summed E-state index contributed by atoms with van der Waals surface area (Å²) in [5, 5.41) is 16.8. The summed E-state index contributed by atoms with van der Waals surface area (Å²) in [5.41, 5.74) is 2.41. The van der Waals surface area contributed by atoms with Gasteiger partial charge in [-0.25, -0.2) is 4.79 Å². The third kappa shape index (κ3) is 9.96. The number of benzene rings is 2. The van der Waals surface area contributed by atoms with Gasteiger partial charge < -0.3 is 9.47 Å². The second-order valence-electron chi connectivity index (χ2n) is 10.1. The third-order valence-corrected chi connectivity index (χ3v) is 8.43. The molecule has 0 bridgehead atoms. The van der Waals surface area contributed by atoms with Crippen molar-refractivity contribution in [2.75, 3.05) is 64.9 Å². The zero-order valence-corrected chi connectivity index (χ0v) is 25.3. The maximum atomic E-state index is 12.8. The lowest BCUT2D eigenvalue weighted by molar-refractivity contribution is -0.492. The van der Waals surface area contributed by atoms with E-state index in [0.29, 0.717) is 31.0 Å². The Morgan fingerprint density at radius 2 is 1.63 bits per heavy atom. The van der Waals surface area contributed by atoms with Crippen molar-refractivity contribution in [3.63, 3.8) is 0 Å². The Morgan fingerprint density at radius 1 is 0.953 bits per heavy atom. The molecule has 0 saturated carbocycles. The maximum absolute atomic E-state index is 12.8. The van der Waals surface area contributed by atoms with Crippen LogP contribution in [-0.2, 0) is 23.9 Å². The zero-order valence-electron chi connectivity index (χ0n) is 23.8. The second-order valence-corrected chi connectivity index (χ2v) is 11.5. The van der Waals surface area contributed by atoms with E-state index < -0.39 is 23.2 Å². The number of esters is 1. The molecule has 4 rings (SSSR count). The first-order chi connectivity index (χ1) is 20.8. The molecule has 0 aromatic heterocycles. The Bertz CT molecular complexity index is 1180. The average Bonchev–Trinajstić information content (AvgIpc) is 3.40. The molecule has 43 heavy (non-hydrogen) atoms. The smallest absolute Gasteiger partial charge is 0.330 e. The summed E-state index contributed by atoms with van der Waals surface area (Å²) < 4.78 is 10.8. The van der Waals surface area contributed by atoms with Gasteiger partial charge >= 0.3 is 5.97 Å². The number of carbonyl (C=O) groups is 3. The van der Waals surface area contributed by atoms with Crippen molar-refractivity contribution < 1.29 is 39.1 Å². The average molecular weight is 637 g/mol. The molecule has 12 nitrogen and oxygen atoms in total. The van der Waals surface area contributed by atoms with Gasteiger partial charge in [0.1, 0.15) is 12.6 Å². The minimum atomic E-state index is -0.999. The quantitative estimate of drug-likeness (QED) is 0.169. The Morgan fingerprint density at radius 3 is 2.33 bits per heavy atom. The fraction of sp³-hybridized carbons (Fsp3) is 0.483. The van der Waals surface area contributed by atoms with Gasteiger partial charge in [-0.1, -0.05) is 65.8 Å². The Hall–Kier alpha value is -2.59. The molecule has 2 N–H and O–H groups in total. The molecule has 0 aliphatic carbocycles. The van der Waals surface area contributed by atoms with Crippen molar-refractivity contribution in [3.8, 4) is 0 Å². The predicted molar refractivity (Wildman–Crippen MR) is 159 cm³/mol. The molecule has 2 amide bonds. The lowest BCUT2D eigenvalue weighted by atomic mass is 9.96. The fourth-order valence-electron chi connectivity index (χ4n) is 5.05. The number of imide groups is 1. The van der Waals surface area contributed by atoms with Gasteiger partial charge in [0.05, 0.1) is 31.3 Å². The number of ether oxygens (including phenoxy) is 2. The summed E-state index contributed by atoms with van der Waals surface area (Å²) in [4.78, 5) is 47.7. The van der Waals surface area contributed by atoms with E-state index in [1.165, 1.54) is 11.1 Å². The Labute approximate surface area is 259 Å². The maximum Gasteiger partial charge on any atom is 0.330 e. The lowest BCUT2D eigenvalue weighted by Crippen LogP contribution is -2.49. The topological polar surface area (TPSA) is 132 Å². The highest BCUT2D eigenvalue weighted by Crippen LogP contribution is 2.30. The van der Waals surface area contributed by atoms with Gasteiger partial charge in [-0.15, -0.1) is 0 Å². The molecular weight excluding hydrogens is 600 g/mol. The number of carbonyl (C=O) groups excluding carboxylic acids is 3. The SMILES string of the molecule is O=C(OCCCCON(O)O)C1CSC(=O)N1C(=O)COCCN1CCN(C(c2ccccc2)c2ccc(Cl)cc2)CC1. The van der Waals surface area contributed by atoms with Crippen molar-refractivity contribution in [3.05, 3.63) is 70.7 Å².